The Morgan fingerprint density at radius 1 is 1.16 bits per heavy atom. The van der Waals surface area contributed by atoms with Crippen molar-refractivity contribution in [3.63, 3.8) is 0 Å². The van der Waals surface area contributed by atoms with Crippen molar-refractivity contribution in [3.8, 4) is 5.75 Å². The third-order valence-electron chi connectivity index (χ3n) is 4.60. The molecule has 0 fully saturated rings. The summed E-state index contributed by atoms with van der Waals surface area (Å²) in [5.74, 6) is -1.88. The number of hydrogen-bond acceptors (Lipinski definition) is 4. The van der Waals surface area contributed by atoms with E-state index < -0.39 is 11.9 Å². The van der Waals surface area contributed by atoms with Crippen molar-refractivity contribution >= 4 is 11.9 Å². The maximum Gasteiger partial charge on any atom is 0.226 e. The Bertz CT molecular complexity index is 773. The fraction of sp³-hybridized carbons (Fsp3) is 0.300. The molecule has 1 amide bonds. The maximum absolute atomic E-state index is 12.8. The summed E-state index contributed by atoms with van der Waals surface area (Å²) in [6, 6.07) is 14.8. The number of carboxylic acid groups (broad SMARTS) is 1. The van der Waals surface area contributed by atoms with E-state index in [1.165, 1.54) is 0 Å². The largest absolute Gasteiger partial charge is 0.550 e. The van der Waals surface area contributed by atoms with Gasteiger partial charge in [0, 0.05) is 25.0 Å². The highest BCUT2D eigenvalue weighted by Gasteiger charge is 2.29. The van der Waals surface area contributed by atoms with Gasteiger partial charge in [-0.15, -0.1) is 0 Å². The van der Waals surface area contributed by atoms with Crippen LogP contribution in [-0.2, 0) is 29.0 Å². The zero-order valence-corrected chi connectivity index (χ0v) is 13.9. The molecule has 1 aliphatic heterocycles. The molecule has 0 saturated carbocycles. The first-order valence-corrected chi connectivity index (χ1v) is 8.36. The normalized spacial score (nSPS) is 17.0. The molecule has 0 aliphatic carbocycles. The van der Waals surface area contributed by atoms with Crippen molar-refractivity contribution in [2.24, 2.45) is 5.92 Å². The molecule has 1 N–H and O–H groups in total. The van der Waals surface area contributed by atoms with Crippen LogP contribution in [-0.4, -0.2) is 28.4 Å². The number of hydrogen-bond donors (Lipinski definition) is 1. The number of nitrogens with zero attached hydrogens (tertiary/aromatic N) is 1. The van der Waals surface area contributed by atoms with Gasteiger partial charge in [0.25, 0.3) is 0 Å². The van der Waals surface area contributed by atoms with E-state index in [1.54, 1.807) is 23.1 Å². The van der Waals surface area contributed by atoms with E-state index in [9.17, 15) is 19.8 Å². The number of carbonyl (C=O) groups excluding carboxylic acids is 2. The van der Waals surface area contributed by atoms with E-state index in [4.69, 9.17) is 0 Å². The molecule has 2 aromatic carbocycles. The summed E-state index contributed by atoms with van der Waals surface area (Å²) in [6.07, 6.45) is 0.754. The monoisotopic (exact) mass is 338 g/mol. The molecule has 0 aromatic heterocycles. The first-order valence-electron chi connectivity index (χ1n) is 8.36. The van der Waals surface area contributed by atoms with Gasteiger partial charge in [-0.1, -0.05) is 36.4 Å². The second-order valence-corrected chi connectivity index (χ2v) is 6.43. The SMILES string of the molecule is O=C([O-])C[C@@H]1Cc2ccc(O)cc2CN(CCc2ccccc2)C1=O. The highest BCUT2D eigenvalue weighted by Crippen LogP contribution is 2.27. The summed E-state index contributed by atoms with van der Waals surface area (Å²) >= 11 is 0. The van der Waals surface area contributed by atoms with Gasteiger partial charge < -0.3 is 19.9 Å². The number of phenolic OH excluding ortho intramolecular Hbond substituents is 1. The highest BCUT2D eigenvalue weighted by molar-refractivity contribution is 5.83. The van der Waals surface area contributed by atoms with Gasteiger partial charge in [-0.25, -0.2) is 0 Å². The van der Waals surface area contributed by atoms with Crippen LogP contribution in [0.3, 0.4) is 0 Å². The number of aromatic hydroxyl groups is 1. The topological polar surface area (TPSA) is 80.7 Å². The molecule has 130 valence electrons. The quantitative estimate of drug-likeness (QED) is 0.890. The molecule has 0 spiro atoms. The fourth-order valence-corrected chi connectivity index (χ4v) is 3.31. The van der Waals surface area contributed by atoms with Gasteiger partial charge in [0.05, 0.1) is 0 Å². The second kappa shape index (κ2) is 7.38. The molecule has 1 atom stereocenters. The molecular weight excluding hydrogens is 318 g/mol. The first kappa shape index (κ1) is 17.0. The molecule has 1 aliphatic rings. The van der Waals surface area contributed by atoms with E-state index >= 15 is 0 Å². The van der Waals surface area contributed by atoms with Crippen molar-refractivity contribution in [3.05, 3.63) is 65.2 Å². The predicted molar refractivity (Wildman–Crippen MR) is 90.5 cm³/mol. The van der Waals surface area contributed by atoms with Crippen LogP contribution in [0.2, 0.25) is 0 Å². The molecule has 0 bridgehead atoms. The van der Waals surface area contributed by atoms with Crippen LogP contribution in [0.4, 0.5) is 0 Å². The Kier molecular flexibility index (Phi) is 5.03. The summed E-state index contributed by atoms with van der Waals surface area (Å²) in [5, 5.41) is 20.8. The van der Waals surface area contributed by atoms with Crippen molar-refractivity contribution in [1.82, 2.24) is 4.90 Å². The molecule has 2 aromatic rings. The standard InChI is InChI=1S/C20H21NO4/c22-18-7-6-15-10-16(12-19(23)24)20(25)21(13-17(15)11-18)9-8-14-4-2-1-3-5-14/h1-7,11,16,22H,8-10,12-13H2,(H,23,24)/p-1/t16-/m0/s1. The molecule has 0 radical (unpaired) electrons. The summed E-state index contributed by atoms with van der Waals surface area (Å²) in [7, 11) is 0. The van der Waals surface area contributed by atoms with Crippen molar-refractivity contribution in [2.45, 2.75) is 25.8 Å². The van der Waals surface area contributed by atoms with E-state index in [1.807, 2.05) is 30.3 Å². The number of carboxylic acids is 1. The van der Waals surface area contributed by atoms with Gasteiger partial charge >= 0.3 is 0 Å². The Labute approximate surface area is 146 Å². The van der Waals surface area contributed by atoms with E-state index in [2.05, 4.69) is 0 Å². The van der Waals surface area contributed by atoms with Crippen molar-refractivity contribution in [2.75, 3.05) is 6.54 Å². The van der Waals surface area contributed by atoms with Crippen LogP contribution in [0.5, 0.6) is 5.75 Å². The lowest BCUT2D eigenvalue weighted by Gasteiger charge is -2.25. The maximum atomic E-state index is 12.8. The fourth-order valence-electron chi connectivity index (χ4n) is 3.31. The highest BCUT2D eigenvalue weighted by atomic mass is 16.4. The third kappa shape index (κ3) is 4.18. The van der Waals surface area contributed by atoms with Crippen LogP contribution in [0.25, 0.3) is 0 Å². The molecule has 0 unspecified atom stereocenters. The minimum atomic E-state index is -1.22. The Hall–Kier alpha value is -2.82. The number of phenols is 1. The summed E-state index contributed by atoms with van der Waals surface area (Å²) in [6.45, 7) is 0.875. The minimum absolute atomic E-state index is 0.146. The lowest BCUT2D eigenvalue weighted by atomic mass is 9.94. The number of fused-ring (bicyclic) bond motifs is 1. The third-order valence-corrected chi connectivity index (χ3v) is 4.60. The van der Waals surface area contributed by atoms with E-state index in [0.29, 0.717) is 25.9 Å². The zero-order chi connectivity index (χ0) is 17.8. The van der Waals surface area contributed by atoms with E-state index in [0.717, 1.165) is 16.7 Å². The van der Waals surface area contributed by atoms with Crippen LogP contribution in [0.15, 0.2) is 48.5 Å². The summed E-state index contributed by atoms with van der Waals surface area (Å²) in [5.41, 5.74) is 2.88. The Balaban J connectivity index is 1.84. The number of carbonyl (C=O) groups is 2. The number of benzene rings is 2. The molecule has 25 heavy (non-hydrogen) atoms. The van der Waals surface area contributed by atoms with Crippen LogP contribution in [0.1, 0.15) is 23.1 Å². The number of rotatable bonds is 5. The Morgan fingerprint density at radius 3 is 2.64 bits per heavy atom. The van der Waals surface area contributed by atoms with Gasteiger partial charge in [-0.3, -0.25) is 4.79 Å². The van der Waals surface area contributed by atoms with Crippen molar-refractivity contribution < 1.29 is 19.8 Å². The molecule has 5 nitrogen and oxygen atoms in total. The van der Waals surface area contributed by atoms with Gasteiger partial charge in [0.2, 0.25) is 5.91 Å². The number of aliphatic carboxylic acids is 1. The lowest BCUT2D eigenvalue weighted by molar-refractivity contribution is -0.306. The molecular formula is C20H20NO4-. The average Bonchev–Trinajstić information content (AvgIpc) is 2.71. The predicted octanol–water partition coefficient (Wildman–Crippen LogP) is 1.28. The van der Waals surface area contributed by atoms with Crippen LogP contribution < -0.4 is 5.11 Å². The summed E-state index contributed by atoms with van der Waals surface area (Å²) in [4.78, 5) is 25.6. The minimum Gasteiger partial charge on any atom is -0.550 e. The average molecular weight is 338 g/mol. The van der Waals surface area contributed by atoms with Crippen molar-refractivity contribution in [1.29, 1.82) is 0 Å². The number of amides is 1. The van der Waals surface area contributed by atoms with Gasteiger partial charge in [-0.2, -0.15) is 0 Å². The van der Waals surface area contributed by atoms with Crippen LogP contribution in [0, 0.1) is 5.92 Å². The second-order valence-electron chi connectivity index (χ2n) is 6.43. The van der Waals surface area contributed by atoms with Gasteiger partial charge in [0.15, 0.2) is 0 Å². The lowest BCUT2D eigenvalue weighted by Crippen LogP contribution is -2.38. The van der Waals surface area contributed by atoms with Gasteiger partial charge in [0.1, 0.15) is 5.75 Å². The Morgan fingerprint density at radius 2 is 1.92 bits per heavy atom. The molecule has 0 saturated heterocycles. The van der Waals surface area contributed by atoms with E-state index in [-0.39, 0.29) is 18.1 Å². The smallest absolute Gasteiger partial charge is 0.226 e. The van der Waals surface area contributed by atoms with Crippen LogP contribution >= 0.6 is 0 Å². The zero-order valence-electron chi connectivity index (χ0n) is 13.9. The van der Waals surface area contributed by atoms with Gasteiger partial charge in [-0.05, 0) is 48.1 Å². The summed E-state index contributed by atoms with van der Waals surface area (Å²) < 4.78 is 0. The molecule has 5 heteroatoms. The molecule has 1 heterocycles. The first-order chi connectivity index (χ1) is 12.0. The molecule has 3 rings (SSSR count).